The third-order valence-corrected chi connectivity index (χ3v) is 6.23. The van der Waals surface area contributed by atoms with E-state index in [9.17, 15) is 13.2 Å². The first-order valence-electron chi connectivity index (χ1n) is 8.84. The van der Waals surface area contributed by atoms with Gasteiger partial charge in [0.05, 0.1) is 29.5 Å². The molecule has 3 rings (SSSR count). The van der Waals surface area contributed by atoms with Crippen LogP contribution in [0.15, 0.2) is 81.2 Å². The lowest BCUT2D eigenvalue weighted by atomic mass is 10.2. The van der Waals surface area contributed by atoms with Gasteiger partial charge in [0.2, 0.25) is 0 Å². The van der Waals surface area contributed by atoms with Crippen LogP contribution in [0.4, 0.5) is 5.69 Å². The Balaban J connectivity index is 1.79. The molecule has 0 spiro atoms. The minimum atomic E-state index is -3.91. The molecule has 0 aliphatic rings. The van der Waals surface area contributed by atoms with E-state index >= 15 is 0 Å². The van der Waals surface area contributed by atoms with Crippen LogP contribution in [-0.4, -0.2) is 27.6 Å². The fraction of sp³-hybridized carbons (Fsp3) is 0.0476. The zero-order valence-corrected chi connectivity index (χ0v) is 19.3. The molecule has 0 unspecified atom stereocenters. The smallest absolute Gasteiger partial charge is 0.273 e. The standard InChI is InChI=1S/C21H17BrClN3O4S/c1-30-20-11-6-15(22)12-14(20)13-24-25-21(27)18-4-2-3-5-19(18)26-31(28,29)17-9-7-16(23)8-10-17/h2-13,26H,1H3,(H,25,27)/b24-13+. The lowest BCUT2D eigenvalue weighted by Crippen LogP contribution is -2.21. The van der Waals surface area contributed by atoms with Gasteiger partial charge in [-0.1, -0.05) is 39.7 Å². The topological polar surface area (TPSA) is 96.9 Å². The van der Waals surface area contributed by atoms with Crippen LogP contribution in [0.3, 0.4) is 0 Å². The van der Waals surface area contributed by atoms with Gasteiger partial charge in [0, 0.05) is 15.1 Å². The number of sulfonamides is 1. The van der Waals surface area contributed by atoms with Gasteiger partial charge in [-0.25, -0.2) is 13.8 Å². The first kappa shape index (κ1) is 22.8. The summed E-state index contributed by atoms with van der Waals surface area (Å²) in [5, 5.41) is 4.37. The maximum atomic E-state index is 12.7. The van der Waals surface area contributed by atoms with Crippen LogP contribution in [-0.2, 0) is 10.0 Å². The van der Waals surface area contributed by atoms with Gasteiger partial charge in [-0.3, -0.25) is 9.52 Å². The summed E-state index contributed by atoms with van der Waals surface area (Å²) in [6, 6.07) is 17.3. The molecule has 0 saturated heterocycles. The lowest BCUT2D eigenvalue weighted by molar-refractivity contribution is 0.0956. The zero-order valence-electron chi connectivity index (χ0n) is 16.2. The van der Waals surface area contributed by atoms with Crippen molar-refractivity contribution < 1.29 is 17.9 Å². The van der Waals surface area contributed by atoms with E-state index in [-0.39, 0.29) is 16.1 Å². The highest BCUT2D eigenvalue weighted by Crippen LogP contribution is 2.22. The second-order valence-electron chi connectivity index (χ2n) is 6.19. The van der Waals surface area contributed by atoms with E-state index in [4.69, 9.17) is 16.3 Å². The number of nitrogens with zero attached hydrogens (tertiary/aromatic N) is 1. The minimum absolute atomic E-state index is 0.0203. The predicted molar refractivity (Wildman–Crippen MR) is 124 cm³/mol. The van der Waals surface area contributed by atoms with Crippen LogP contribution >= 0.6 is 27.5 Å². The number of para-hydroxylation sites is 1. The Labute approximate surface area is 193 Å². The summed E-state index contributed by atoms with van der Waals surface area (Å²) in [5.74, 6) is -0.00283. The Morgan fingerprint density at radius 3 is 2.52 bits per heavy atom. The molecule has 3 aromatic rings. The van der Waals surface area contributed by atoms with E-state index in [1.807, 2.05) is 6.07 Å². The average Bonchev–Trinajstić information content (AvgIpc) is 2.74. The summed E-state index contributed by atoms with van der Waals surface area (Å²) in [6.45, 7) is 0. The Morgan fingerprint density at radius 1 is 1.10 bits per heavy atom. The number of carbonyl (C=O) groups is 1. The molecule has 10 heteroatoms. The lowest BCUT2D eigenvalue weighted by Gasteiger charge is -2.12. The summed E-state index contributed by atoms with van der Waals surface area (Å²) < 4.78 is 33.8. The number of benzene rings is 3. The van der Waals surface area contributed by atoms with Gasteiger partial charge >= 0.3 is 0 Å². The number of hydrogen-bond acceptors (Lipinski definition) is 5. The number of carbonyl (C=O) groups excluding carboxylic acids is 1. The summed E-state index contributed by atoms with van der Waals surface area (Å²) in [7, 11) is -2.38. The summed E-state index contributed by atoms with van der Waals surface area (Å²) in [4.78, 5) is 12.6. The molecule has 0 fully saturated rings. The molecule has 31 heavy (non-hydrogen) atoms. The van der Waals surface area contributed by atoms with Gasteiger partial charge in [-0.2, -0.15) is 5.10 Å². The summed E-state index contributed by atoms with van der Waals surface area (Å²) in [5.41, 5.74) is 3.27. The predicted octanol–water partition coefficient (Wildman–Crippen LogP) is 4.68. The van der Waals surface area contributed by atoms with Crippen molar-refractivity contribution in [3.8, 4) is 5.75 Å². The van der Waals surface area contributed by atoms with Crippen molar-refractivity contribution in [2.45, 2.75) is 4.90 Å². The van der Waals surface area contributed by atoms with Crippen molar-refractivity contribution in [3.63, 3.8) is 0 Å². The van der Waals surface area contributed by atoms with E-state index in [1.165, 1.54) is 49.7 Å². The van der Waals surface area contributed by atoms with Gasteiger partial charge in [0.15, 0.2) is 0 Å². The normalized spacial score (nSPS) is 11.3. The second kappa shape index (κ2) is 9.95. The quantitative estimate of drug-likeness (QED) is 0.348. The Kier molecular flexibility index (Phi) is 7.32. The molecule has 0 saturated carbocycles. The second-order valence-corrected chi connectivity index (χ2v) is 9.22. The number of nitrogens with one attached hydrogen (secondary N) is 2. The number of methoxy groups -OCH3 is 1. The highest BCUT2D eigenvalue weighted by Gasteiger charge is 2.18. The highest BCUT2D eigenvalue weighted by molar-refractivity contribution is 9.10. The van der Waals surface area contributed by atoms with Crippen molar-refractivity contribution in [3.05, 3.63) is 87.4 Å². The van der Waals surface area contributed by atoms with E-state index in [0.717, 1.165) is 4.47 Å². The van der Waals surface area contributed by atoms with E-state index in [2.05, 4.69) is 31.2 Å². The molecule has 160 valence electrons. The molecular formula is C21H17BrClN3O4S. The Bertz CT molecular complexity index is 1230. The van der Waals surface area contributed by atoms with Crippen LogP contribution in [0.25, 0.3) is 0 Å². The van der Waals surface area contributed by atoms with Crippen molar-refractivity contribution in [2.24, 2.45) is 5.10 Å². The van der Waals surface area contributed by atoms with Crippen molar-refractivity contribution in [1.29, 1.82) is 0 Å². The van der Waals surface area contributed by atoms with E-state index < -0.39 is 15.9 Å². The monoisotopic (exact) mass is 521 g/mol. The molecule has 0 heterocycles. The van der Waals surface area contributed by atoms with Crippen molar-refractivity contribution in [1.82, 2.24) is 5.43 Å². The average molecular weight is 523 g/mol. The number of hydrazone groups is 1. The number of anilines is 1. The van der Waals surface area contributed by atoms with Crippen molar-refractivity contribution >= 4 is 55.4 Å². The Morgan fingerprint density at radius 2 is 1.81 bits per heavy atom. The van der Waals surface area contributed by atoms with Crippen molar-refractivity contribution in [2.75, 3.05) is 11.8 Å². The molecule has 1 amide bonds. The largest absolute Gasteiger partial charge is 0.496 e. The molecule has 0 atom stereocenters. The van der Waals surface area contributed by atoms with E-state index in [0.29, 0.717) is 16.3 Å². The van der Waals surface area contributed by atoms with Crippen LogP contribution in [0.5, 0.6) is 5.75 Å². The van der Waals surface area contributed by atoms with Gasteiger partial charge in [0.25, 0.3) is 15.9 Å². The number of halogens is 2. The molecular weight excluding hydrogens is 506 g/mol. The van der Waals surface area contributed by atoms with Crippen LogP contribution in [0, 0.1) is 0 Å². The molecule has 0 aromatic heterocycles. The van der Waals surface area contributed by atoms with E-state index in [1.54, 1.807) is 24.3 Å². The SMILES string of the molecule is COc1ccc(Br)cc1/C=N/NC(=O)c1ccccc1NS(=O)(=O)c1ccc(Cl)cc1. The fourth-order valence-corrected chi connectivity index (χ4v) is 4.20. The number of amides is 1. The van der Waals surface area contributed by atoms with Gasteiger partial charge < -0.3 is 4.74 Å². The van der Waals surface area contributed by atoms with Gasteiger partial charge in [0.1, 0.15) is 5.75 Å². The molecule has 0 radical (unpaired) electrons. The first-order valence-corrected chi connectivity index (χ1v) is 11.5. The Hall–Kier alpha value is -2.88. The molecule has 2 N–H and O–H groups in total. The third kappa shape index (κ3) is 5.84. The maximum absolute atomic E-state index is 12.7. The minimum Gasteiger partial charge on any atom is -0.496 e. The maximum Gasteiger partial charge on any atom is 0.273 e. The van der Waals surface area contributed by atoms with Crippen LogP contribution < -0.4 is 14.9 Å². The molecule has 7 nitrogen and oxygen atoms in total. The highest BCUT2D eigenvalue weighted by atomic mass is 79.9. The summed E-state index contributed by atoms with van der Waals surface area (Å²) in [6.07, 6.45) is 1.43. The third-order valence-electron chi connectivity index (χ3n) is 4.10. The first-order chi connectivity index (χ1) is 14.8. The zero-order chi connectivity index (χ0) is 22.4. The molecule has 0 aliphatic heterocycles. The van der Waals surface area contributed by atoms with Gasteiger partial charge in [-0.15, -0.1) is 0 Å². The van der Waals surface area contributed by atoms with Gasteiger partial charge in [-0.05, 0) is 54.6 Å². The van der Waals surface area contributed by atoms with Crippen LogP contribution in [0.1, 0.15) is 15.9 Å². The number of rotatable bonds is 7. The summed E-state index contributed by atoms with van der Waals surface area (Å²) >= 11 is 9.18. The molecule has 0 bridgehead atoms. The number of ether oxygens (including phenoxy) is 1. The van der Waals surface area contributed by atoms with Crippen LogP contribution in [0.2, 0.25) is 5.02 Å². The fourth-order valence-electron chi connectivity index (χ4n) is 2.61. The number of hydrogen-bond donors (Lipinski definition) is 2. The molecule has 0 aliphatic carbocycles. The molecule has 3 aromatic carbocycles.